The Morgan fingerprint density at radius 1 is 1.38 bits per heavy atom. The van der Waals surface area contributed by atoms with Gasteiger partial charge in [0.2, 0.25) is 0 Å². The number of nitrogens with one attached hydrogen (secondary N) is 2. The minimum absolute atomic E-state index is 0.0451. The molecule has 1 aromatic rings. The smallest absolute Gasteiger partial charge is 0.144 e. The van der Waals surface area contributed by atoms with Crippen molar-refractivity contribution in [3.63, 3.8) is 0 Å². The molecule has 1 aromatic heterocycles. The van der Waals surface area contributed by atoms with Crippen molar-refractivity contribution >= 4 is 5.82 Å². The van der Waals surface area contributed by atoms with Gasteiger partial charge in [-0.25, -0.2) is 4.98 Å². The average molecular weight is 224 g/mol. The number of aliphatic hydroxyl groups excluding tert-OH is 1. The first-order chi connectivity index (χ1) is 7.86. The van der Waals surface area contributed by atoms with Crippen LogP contribution in [0.25, 0.3) is 0 Å². The van der Waals surface area contributed by atoms with E-state index in [1.54, 1.807) is 18.6 Å². The SMILES string of the molecule is O[C@@H]1COC[C@H]1NCCNc1cnccn1. The summed E-state index contributed by atoms with van der Waals surface area (Å²) in [6.45, 7) is 2.49. The van der Waals surface area contributed by atoms with E-state index < -0.39 is 6.10 Å². The van der Waals surface area contributed by atoms with Crippen LogP contribution in [0.1, 0.15) is 0 Å². The minimum Gasteiger partial charge on any atom is -0.389 e. The maximum absolute atomic E-state index is 9.48. The maximum Gasteiger partial charge on any atom is 0.144 e. The minimum atomic E-state index is -0.392. The van der Waals surface area contributed by atoms with E-state index in [1.807, 2.05) is 0 Å². The molecular formula is C10H16N4O2. The quantitative estimate of drug-likeness (QED) is 0.570. The molecule has 0 spiro atoms. The highest BCUT2D eigenvalue weighted by Crippen LogP contribution is 2.04. The second kappa shape index (κ2) is 5.74. The van der Waals surface area contributed by atoms with Crippen LogP contribution in [0.4, 0.5) is 5.82 Å². The summed E-state index contributed by atoms with van der Waals surface area (Å²) in [5, 5.41) is 15.8. The fourth-order valence-corrected chi connectivity index (χ4v) is 1.58. The highest BCUT2D eigenvalue weighted by atomic mass is 16.5. The topological polar surface area (TPSA) is 79.3 Å². The standard InChI is InChI=1S/C10H16N4O2/c15-9-7-16-6-8(9)12-3-4-14-10-5-11-1-2-13-10/h1-2,5,8-9,12,15H,3-4,6-7H2,(H,13,14)/t8-,9-/m1/s1. The zero-order valence-electron chi connectivity index (χ0n) is 8.97. The van der Waals surface area contributed by atoms with E-state index in [-0.39, 0.29) is 6.04 Å². The highest BCUT2D eigenvalue weighted by Gasteiger charge is 2.24. The number of aromatic nitrogens is 2. The summed E-state index contributed by atoms with van der Waals surface area (Å²) in [6.07, 6.45) is 4.56. The van der Waals surface area contributed by atoms with Gasteiger partial charge in [0.15, 0.2) is 0 Å². The van der Waals surface area contributed by atoms with Crippen molar-refractivity contribution in [3.05, 3.63) is 18.6 Å². The van der Waals surface area contributed by atoms with Gasteiger partial charge in [0.1, 0.15) is 5.82 Å². The molecule has 0 aliphatic carbocycles. The molecule has 2 rings (SSSR count). The van der Waals surface area contributed by atoms with E-state index in [9.17, 15) is 5.11 Å². The average Bonchev–Trinajstić information content (AvgIpc) is 2.72. The molecule has 0 radical (unpaired) electrons. The van der Waals surface area contributed by atoms with Crippen molar-refractivity contribution in [1.82, 2.24) is 15.3 Å². The van der Waals surface area contributed by atoms with E-state index in [2.05, 4.69) is 20.6 Å². The Labute approximate surface area is 94.1 Å². The van der Waals surface area contributed by atoms with Crippen LogP contribution in [-0.4, -0.2) is 53.5 Å². The van der Waals surface area contributed by atoms with E-state index >= 15 is 0 Å². The van der Waals surface area contributed by atoms with Crippen LogP contribution in [0.15, 0.2) is 18.6 Å². The number of rotatable bonds is 5. The van der Waals surface area contributed by atoms with Crippen molar-refractivity contribution < 1.29 is 9.84 Å². The number of ether oxygens (including phenoxy) is 1. The Hall–Kier alpha value is -1.24. The number of nitrogens with zero attached hydrogens (tertiary/aromatic N) is 2. The molecule has 2 heterocycles. The van der Waals surface area contributed by atoms with Gasteiger partial charge in [-0.15, -0.1) is 0 Å². The van der Waals surface area contributed by atoms with E-state index in [0.29, 0.717) is 13.2 Å². The molecule has 3 N–H and O–H groups in total. The molecule has 6 nitrogen and oxygen atoms in total. The molecule has 0 aromatic carbocycles. The Balaban J connectivity index is 1.62. The second-order valence-electron chi connectivity index (χ2n) is 3.68. The van der Waals surface area contributed by atoms with Crippen LogP contribution in [0.3, 0.4) is 0 Å². The predicted octanol–water partition coefficient (Wildman–Crippen LogP) is -0.762. The largest absolute Gasteiger partial charge is 0.389 e. The number of anilines is 1. The van der Waals surface area contributed by atoms with Crippen molar-refractivity contribution in [3.8, 4) is 0 Å². The maximum atomic E-state index is 9.48. The van der Waals surface area contributed by atoms with Gasteiger partial charge in [-0.05, 0) is 0 Å². The van der Waals surface area contributed by atoms with Crippen molar-refractivity contribution in [2.75, 3.05) is 31.6 Å². The first-order valence-electron chi connectivity index (χ1n) is 5.35. The summed E-state index contributed by atoms with van der Waals surface area (Å²) in [7, 11) is 0. The van der Waals surface area contributed by atoms with Gasteiger partial charge in [-0.1, -0.05) is 0 Å². The predicted molar refractivity (Wildman–Crippen MR) is 59.1 cm³/mol. The molecule has 1 aliphatic heterocycles. The first kappa shape index (κ1) is 11.3. The van der Waals surface area contributed by atoms with Crippen molar-refractivity contribution in [2.45, 2.75) is 12.1 Å². The van der Waals surface area contributed by atoms with Crippen LogP contribution < -0.4 is 10.6 Å². The molecule has 16 heavy (non-hydrogen) atoms. The normalized spacial score (nSPS) is 24.6. The van der Waals surface area contributed by atoms with Crippen molar-refractivity contribution in [1.29, 1.82) is 0 Å². The first-order valence-corrected chi connectivity index (χ1v) is 5.35. The van der Waals surface area contributed by atoms with Gasteiger partial charge < -0.3 is 20.5 Å². The third-order valence-corrected chi connectivity index (χ3v) is 2.45. The molecular weight excluding hydrogens is 208 g/mol. The summed E-state index contributed by atoms with van der Waals surface area (Å²) in [5.74, 6) is 0.757. The van der Waals surface area contributed by atoms with Gasteiger partial charge >= 0.3 is 0 Å². The van der Waals surface area contributed by atoms with Crippen LogP contribution >= 0.6 is 0 Å². The molecule has 6 heteroatoms. The van der Waals surface area contributed by atoms with Gasteiger partial charge in [-0.2, -0.15) is 0 Å². The number of hydrogen-bond acceptors (Lipinski definition) is 6. The van der Waals surface area contributed by atoms with Crippen LogP contribution in [0, 0.1) is 0 Å². The van der Waals surface area contributed by atoms with Gasteiger partial charge in [0.05, 0.1) is 31.6 Å². The Bertz CT molecular complexity index is 309. The lowest BCUT2D eigenvalue weighted by Crippen LogP contribution is -2.41. The van der Waals surface area contributed by atoms with E-state index in [4.69, 9.17) is 4.74 Å². The lowest BCUT2D eigenvalue weighted by atomic mass is 10.2. The third kappa shape index (κ3) is 3.13. The summed E-state index contributed by atoms with van der Waals surface area (Å²) < 4.78 is 5.13. The fourth-order valence-electron chi connectivity index (χ4n) is 1.58. The molecule has 1 fully saturated rings. The van der Waals surface area contributed by atoms with Gasteiger partial charge in [-0.3, -0.25) is 4.98 Å². The molecule has 1 saturated heterocycles. The van der Waals surface area contributed by atoms with Gasteiger partial charge in [0.25, 0.3) is 0 Å². The van der Waals surface area contributed by atoms with E-state index in [0.717, 1.165) is 18.9 Å². The lowest BCUT2D eigenvalue weighted by molar-refractivity contribution is 0.122. The zero-order chi connectivity index (χ0) is 11.2. The molecule has 88 valence electrons. The zero-order valence-corrected chi connectivity index (χ0v) is 8.97. The Morgan fingerprint density at radius 3 is 3.00 bits per heavy atom. The third-order valence-electron chi connectivity index (χ3n) is 2.45. The molecule has 0 bridgehead atoms. The molecule has 0 unspecified atom stereocenters. The lowest BCUT2D eigenvalue weighted by Gasteiger charge is -2.14. The van der Waals surface area contributed by atoms with Crippen LogP contribution in [0.5, 0.6) is 0 Å². The molecule has 0 amide bonds. The van der Waals surface area contributed by atoms with Crippen molar-refractivity contribution in [2.24, 2.45) is 0 Å². The number of hydrogen-bond donors (Lipinski definition) is 3. The Morgan fingerprint density at radius 2 is 2.31 bits per heavy atom. The molecule has 0 saturated carbocycles. The second-order valence-corrected chi connectivity index (χ2v) is 3.68. The highest BCUT2D eigenvalue weighted by molar-refractivity contribution is 5.29. The number of aliphatic hydroxyl groups is 1. The van der Waals surface area contributed by atoms with Crippen LogP contribution in [0.2, 0.25) is 0 Å². The summed E-state index contributed by atoms with van der Waals surface area (Å²) in [6, 6.07) is 0.0451. The summed E-state index contributed by atoms with van der Waals surface area (Å²) >= 11 is 0. The summed E-state index contributed by atoms with van der Waals surface area (Å²) in [4.78, 5) is 8.04. The Kier molecular flexibility index (Phi) is 4.03. The summed E-state index contributed by atoms with van der Waals surface area (Å²) in [5.41, 5.74) is 0. The monoisotopic (exact) mass is 224 g/mol. The van der Waals surface area contributed by atoms with Crippen LogP contribution in [-0.2, 0) is 4.74 Å². The van der Waals surface area contributed by atoms with E-state index in [1.165, 1.54) is 0 Å². The van der Waals surface area contributed by atoms with Gasteiger partial charge in [0, 0.05) is 25.5 Å². The fraction of sp³-hybridized carbons (Fsp3) is 0.600. The molecule has 1 aliphatic rings. The molecule has 2 atom stereocenters.